The molecule has 2 nitrogen and oxygen atoms in total. The second-order valence-corrected chi connectivity index (χ2v) is 6.18. The van der Waals surface area contributed by atoms with Gasteiger partial charge >= 0.3 is 0 Å². The number of hydrogen-bond acceptors (Lipinski definition) is 3. The van der Waals surface area contributed by atoms with Gasteiger partial charge in [-0.05, 0) is 43.1 Å². The molecule has 0 aliphatic heterocycles. The highest BCUT2D eigenvalue weighted by molar-refractivity contribution is 7.99. The highest BCUT2D eigenvalue weighted by atomic mass is 32.2. The molecule has 1 saturated carbocycles. The fourth-order valence-corrected chi connectivity index (χ4v) is 3.69. The van der Waals surface area contributed by atoms with E-state index in [-0.39, 0.29) is 12.4 Å². The van der Waals surface area contributed by atoms with Crippen molar-refractivity contribution < 1.29 is 9.50 Å². The summed E-state index contributed by atoms with van der Waals surface area (Å²) in [7, 11) is 0. The quantitative estimate of drug-likeness (QED) is 0.808. The number of aliphatic hydroxyl groups excluding tert-OH is 1. The van der Waals surface area contributed by atoms with Crippen LogP contribution in [-0.2, 0) is 0 Å². The van der Waals surface area contributed by atoms with Crippen LogP contribution < -0.4 is 5.73 Å². The molecule has 1 aromatic carbocycles. The number of thioether (sulfide) groups is 1. The Balaban J connectivity index is 1.84. The van der Waals surface area contributed by atoms with Crippen LogP contribution >= 0.6 is 11.8 Å². The maximum absolute atomic E-state index is 13.4. The third kappa shape index (κ3) is 3.05. The lowest BCUT2D eigenvalue weighted by Crippen LogP contribution is -2.47. The van der Waals surface area contributed by atoms with Gasteiger partial charge in [0.2, 0.25) is 0 Å². The number of rotatable bonds is 5. The fraction of sp³-hybridized carbons (Fsp3) is 0.571. The van der Waals surface area contributed by atoms with Crippen molar-refractivity contribution in [2.45, 2.75) is 36.1 Å². The maximum atomic E-state index is 13.4. The van der Waals surface area contributed by atoms with Crippen LogP contribution in [0.15, 0.2) is 29.2 Å². The van der Waals surface area contributed by atoms with Crippen molar-refractivity contribution in [1.82, 2.24) is 0 Å². The standard InChI is InChI=1S/C14H20FNOS/c15-12-5-1-2-6-13(12)18-9-7-11-4-3-8-14(11,16)10-17/h1-2,5-6,11,17H,3-4,7-10,16H2. The Hall–Kier alpha value is -0.580. The van der Waals surface area contributed by atoms with Crippen molar-refractivity contribution >= 4 is 11.8 Å². The topological polar surface area (TPSA) is 46.2 Å². The molecule has 0 bridgehead atoms. The van der Waals surface area contributed by atoms with Crippen LogP contribution in [0.25, 0.3) is 0 Å². The first-order chi connectivity index (χ1) is 8.65. The van der Waals surface area contributed by atoms with Gasteiger partial charge in [0.25, 0.3) is 0 Å². The van der Waals surface area contributed by atoms with Gasteiger partial charge in [-0.25, -0.2) is 4.39 Å². The summed E-state index contributed by atoms with van der Waals surface area (Å²) in [6, 6.07) is 6.84. The van der Waals surface area contributed by atoms with Crippen molar-refractivity contribution in [3.05, 3.63) is 30.1 Å². The Kier molecular flexibility index (Phi) is 4.65. The summed E-state index contributed by atoms with van der Waals surface area (Å²) in [6.07, 6.45) is 4.01. The van der Waals surface area contributed by atoms with Gasteiger partial charge in [-0.15, -0.1) is 11.8 Å². The second kappa shape index (κ2) is 6.04. The van der Waals surface area contributed by atoms with Gasteiger partial charge in [-0.3, -0.25) is 0 Å². The minimum atomic E-state index is -0.407. The highest BCUT2D eigenvalue weighted by Gasteiger charge is 2.38. The molecule has 2 atom stereocenters. The van der Waals surface area contributed by atoms with E-state index in [0.29, 0.717) is 10.8 Å². The number of aliphatic hydroxyl groups is 1. The minimum Gasteiger partial charge on any atom is -0.394 e. The zero-order valence-corrected chi connectivity index (χ0v) is 11.3. The van der Waals surface area contributed by atoms with Gasteiger partial charge < -0.3 is 10.8 Å². The second-order valence-electron chi connectivity index (χ2n) is 5.05. The van der Waals surface area contributed by atoms with Gasteiger partial charge in [0.15, 0.2) is 0 Å². The zero-order valence-electron chi connectivity index (χ0n) is 10.4. The number of halogens is 1. The van der Waals surface area contributed by atoms with Crippen LogP contribution in [0.2, 0.25) is 0 Å². The first-order valence-electron chi connectivity index (χ1n) is 6.43. The predicted molar refractivity (Wildman–Crippen MR) is 73.1 cm³/mol. The summed E-state index contributed by atoms with van der Waals surface area (Å²) < 4.78 is 13.4. The molecular formula is C14H20FNOS. The molecule has 1 aromatic rings. The summed E-state index contributed by atoms with van der Waals surface area (Å²) >= 11 is 1.53. The molecule has 0 aromatic heterocycles. The van der Waals surface area contributed by atoms with Gasteiger partial charge in [0.1, 0.15) is 5.82 Å². The fourth-order valence-electron chi connectivity index (χ4n) is 2.68. The molecule has 0 heterocycles. The molecule has 0 saturated heterocycles. The Morgan fingerprint density at radius 2 is 2.22 bits per heavy atom. The Morgan fingerprint density at radius 3 is 2.94 bits per heavy atom. The molecule has 2 rings (SSSR count). The normalized spacial score (nSPS) is 27.6. The third-order valence-corrected chi connectivity index (χ3v) is 4.94. The van der Waals surface area contributed by atoms with Crippen LogP contribution in [0.5, 0.6) is 0 Å². The van der Waals surface area contributed by atoms with E-state index >= 15 is 0 Å². The van der Waals surface area contributed by atoms with E-state index in [1.807, 2.05) is 6.07 Å². The Labute approximate surface area is 112 Å². The average Bonchev–Trinajstić information content (AvgIpc) is 2.74. The van der Waals surface area contributed by atoms with E-state index in [1.54, 1.807) is 12.1 Å². The van der Waals surface area contributed by atoms with Crippen molar-refractivity contribution in [3.8, 4) is 0 Å². The van der Waals surface area contributed by atoms with Crippen LogP contribution in [0.1, 0.15) is 25.7 Å². The lowest BCUT2D eigenvalue weighted by Gasteiger charge is -2.29. The maximum Gasteiger partial charge on any atom is 0.136 e. The monoisotopic (exact) mass is 269 g/mol. The first kappa shape index (κ1) is 13.8. The van der Waals surface area contributed by atoms with Crippen molar-refractivity contribution in [2.24, 2.45) is 11.7 Å². The van der Waals surface area contributed by atoms with E-state index < -0.39 is 5.54 Å². The molecular weight excluding hydrogens is 249 g/mol. The largest absolute Gasteiger partial charge is 0.394 e. The van der Waals surface area contributed by atoms with Crippen LogP contribution in [0.4, 0.5) is 4.39 Å². The number of nitrogens with two attached hydrogens (primary N) is 1. The van der Waals surface area contributed by atoms with Crippen LogP contribution in [0.3, 0.4) is 0 Å². The highest BCUT2D eigenvalue weighted by Crippen LogP contribution is 2.37. The Bertz CT molecular complexity index is 401. The molecule has 2 unspecified atom stereocenters. The first-order valence-corrected chi connectivity index (χ1v) is 7.41. The number of hydrogen-bond donors (Lipinski definition) is 2. The summed E-state index contributed by atoms with van der Waals surface area (Å²) in [4.78, 5) is 0.696. The van der Waals surface area contributed by atoms with E-state index in [0.717, 1.165) is 31.4 Å². The molecule has 4 heteroatoms. The van der Waals surface area contributed by atoms with Crippen molar-refractivity contribution in [1.29, 1.82) is 0 Å². The van der Waals surface area contributed by atoms with E-state index in [4.69, 9.17) is 5.73 Å². The lowest BCUT2D eigenvalue weighted by atomic mass is 9.87. The summed E-state index contributed by atoms with van der Waals surface area (Å²) in [5.74, 6) is 1.06. The van der Waals surface area contributed by atoms with Crippen molar-refractivity contribution in [2.75, 3.05) is 12.4 Å². The average molecular weight is 269 g/mol. The Morgan fingerprint density at radius 1 is 1.44 bits per heavy atom. The predicted octanol–water partition coefficient (Wildman–Crippen LogP) is 2.80. The summed E-state index contributed by atoms with van der Waals surface area (Å²) in [5, 5.41) is 9.36. The molecule has 0 radical (unpaired) electrons. The molecule has 1 aliphatic rings. The van der Waals surface area contributed by atoms with E-state index in [1.165, 1.54) is 17.8 Å². The van der Waals surface area contributed by atoms with E-state index in [9.17, 15) is 9.50 Å². The molecule has 0 amide bonds. The van der Waals surface area contributed by atoms with Gasteiger partial charge in [-0.1, -0.05) is 18.6 Å². The molecule has 0 spiro atoms. The lowest BCUT2D eigenvalue weighted by molar-refractivity contribution is 0.158. The van der Waals surface area contributed by atoms with Gasteiger partial charge in [0.05, 0.1) is 6.61 Å². The summed E-state index contributed by atoms with van der Waals surface area (Å²) in [6.45, 7) is 0.0576. The SMILES string of the molecule is NC1(CO)CCCC1CCSc1ccccc1F. The van der Waals surface area contributed by atoms with Crippen LogP contribution in [-0.4, -0.2) is 23.0 Å². The molecule has 3 N–H and O–H groups in total. The summed E-state index contributed by atoms with van der Waals surface area (Å²) in [5.41, 5.74) is 5.77. The third-order valence-electron chi connectivity index (χ3n) is 3.86. The molecule has 18 heavy (non-hydrogen) atoms. The molecule has 100 valence electrons. The van der Waals surface area contributed by atoms with Gasteiger partial charge in [-0.2, -0.15) is 0 Å². The van der Waals surface area contributed by atoms with Gasteiger partial charge in [0, 0.05) is 10.4 Å². The molecule has 1 fully saturated rings. The minimum absolute atomic E-state index is 0.0576. The van der Waals surface area contributed by atoms with E-state index in [2.05, 4.69) is 0 Å². The van der Waals surface area contributed by atoms with Crippen LogP contribution in [0, 0.1) is 11.7 Å². The van der Waals surface area contributed by atoms with Crippen molar-refractivity contribution in [3.63, 3.8) is 0 Å². The molecule has 1 aliphatic carbocycles. The zero-order chi connectivity index (χ0) is 13.0. The number of benzene rings is 1. The smallest absolute Gasteiger partial charge is 0.136 e.